The highest BCUT2D eigenvalue weighted by Gasteiger charge is 1.97. The monoisotopic (exact) mass is 262 g/mol. The summed E-state index contributed by atoms with van der Waals surface area (Å²) in [6.07, 6.45) is 10.8. The molecule has 0 saturated carbocycles. The SMILES string of the molecule is CCCCCCCCCCOc1ccc(C)c(C)c1. The average molecular weight is 262 g/mol. The lowest BCUT2D eigenvalue weighted by atomic mass is 10.1. The van der Waals surface area contributed by atoms with Gasteiger partial charge in [-0.3, -0.25) is 0 Å². The number of aryl methyl sites for hydroxylation is 2. The maximum Gasteiger partial charge on any atom is 0.119 e. The van der Waals surface area contributed by atoms with E-state index < -0.39 is 0 Å². The Kier molecular flexibility index (Phi) is 8.36. The summed E-state index contributed by atoms with van der Waals surface area (Å²) in [6, 6.07) is 6.35. The quantitative estimate of drug-likeness (QED) is 0.482. The van der Waals surface area contributed by atoms with E-state index in [2.05, 4.69) is 39.0 Å². The summed E-state index contributed by atoms with van der Waals surface area (Å²) in [5, 5.41) is 0. The first-order valence-corrected chi connectivity index (χ1v) is 7.94. The van der Waals surface area contributed by atoms with Crippen molar-refractivity contribution in [2.75, 3.05) is 6.61 Å². The third kappa shape index (κ3) is 7.25. The predicted molar refractivity (Wildman–Crippen MR) is 84.0 cm³/mol. The Bertz CT molecular complexity index is 344. The van der Waals surface area contributed by atoms with Gasteiger partial charge in [-0.15, -0.1) is 0 Å². The zero-order valence-corrected chi connectivity index (χ0v) is 13.0. The van der Waals surface area contributed by atoms with Gasteiger partial charge < -0.3 is 4.74 Å². The molecule has 0 saturated heterocycles. The van der Waals surface area contributed by atoms with Crippen molar-refractivity contribution in [3.05, 3.63) is 29.3 Å². The minimum atomic E-state index is 0.859. The first-order valence-electron chi connectivity index (χ1n) is 7.94. The van der Waals surface area contributed by atoms with Crippen LogP contribution in [0.3, 0.4) is 0 Å². The molecule has 0 aliphatic carbocycles. The number of ether oxygens (including phenoxy) is 1. The molecule has 1 rings (SSSR count). The molecule has 19 heavy (non-hydrogen) atoms. The Hall–Kier alpha value is -0.980. The maximum atomic E-state index is 5.79. The summed E-state index contributed by atoms with van der Waals surface area (Å²) in [6.45, 7) is 7.40. The number of rotatable bonds is 10. The first-order chi connectivity index (χ1) is 9.24. The molecule has 0 atom stereocenters. The third-order valence-corrected chi connectivity index (χ3v) is 3.74. The van der Waals surface area contributed by atoms with Gasteiger partial charge in [-0.1, -0.05) is 57.9 Å². The first kappa shape index (κ1) is 16.1. The van der Waals surface area contributed by atoms with Crippen LogP contribution >= 0.6 is 0 Å². The van der Waals surface area contributed by atoms with Crippen molar-refractivity contribution in [2.45, 2.75) is 72.1 Å². The summed E-state index contributed by atoms with van der Waals surface area (Å²) in [7, 11) is 0. The van der Waals surface area contributed by atoms with Gasteiger partial charge in [0.05, 0.1) is 6.61 Å². The van der Waals surface area contributed by atoms with E-state index in [-0.39, 0.29) is 0 Å². The molecule has 1 nitrogen and oxygen atoms in total. The average Bonchev–Trinajstić information content (AvgIpc) is 2.41. The van der Waals surface area contributed by atoms with Gasteiger partial charge in [0, 0.05) is 0 Å². The molecular formula is C18H30O. The lowest BCUT2D eigenvalue weighted by Gasteiger charge is -2.08. The van der Waals surface area contributed by atoms with Crippen LogP contribution in [0.1, 0.15) is 69.4 Å². The van der Waals surface area contributed by atoms with Gasteiger partial charge in [-0.25, -0.2) is 0 Å². The van der Waals surface area contributed by atoms with Crippen molar-refractivity contribution < 1.29 is 4.74 Å². The highest BCUT2D eigenvalue weighted by Crippen LogP contribution is 2.17. The standard InChI is InChI=1S/C18H30O/c1-4-5-6-7-8-9-10-11-14-19-18-13-12-16(2)17(3)15-18/h12-13,15H,4-11,14H2,1-3H3. The predicted octanol–water partition coefficient (Wildman–Crippen LogP) is 5.82. The van der Waals surface area contributed by atoms with E-state index in [0.717, 1.165) is 12.4 Å². The molecule has 0 N–H and O–H groups in total. The smallest absolute Gasteiger partial charge is 0.119 e. The maximum absolute atomic E-state index is 5.79. The topological polar surface area (TPSA) is 9.23 Å². The lowest BCUT2D eigenvalue weighted by molar-refractivity contribution is 0.304. The highest BCUT2D eigenvalue weighted by atomic mass is 16.5. The molecule has 0 heterocycles. The second-order valence-corrected chi connectivity index (χ2v) is 5.57. The van der Waals surface area contributed by atoms with Gasteiger partial charge in [0.25, 0.3) is 0 Å². The highest BCUT2D eigenvalue weighted by molar-refractivity contribution is 5.33. The van der Waals surface area contributed by atoms with Crippen molar-refractivity contribution in [1.82, 2.24) is 0 Å². The fourth-order valence-corrected chi connectivity index (χ4v) is 2.23. The fraction of sp³-hybridized carbons (Fsp3) is 0.667. The van der Waals surface area contributed by atoms with E-state index >= 15 is 0 Å². The molecule has 1 aromatic rings. The van der Waals surface area contributed by atoms with Gasteiger partial charge >= 0.3 is 0 Å². The van der Waals surface area contributed by atoms with Crippen molar-refractivity contribution in [3.8, 4) is 5.75 Å². The molecule has 108 valence electrons. The largest absolute Gasteiger partial charge is 0.494 e. The van der Waals surface area contributed by atoms with Crippen molar-refractivity contribution >= 4 is 0 Å². The van der Waals surface area contributed by atoms with Crippen LogP contribution in [0, 0.1) is 13.8 Å². The minimum absolute atomic E-state index is 0.859. The molecular weight excluding hydrogens is 232 g/mol. The third-order valence-electron chi connectivity index (χ3n) is 3.74. The Morgan fingerprint density at radius 2 is 1.42 bits per heavy atom. The molecule has 0 radical (unpaired) electrons. The van der Waals surface area contributed by atoms with Crippen LogP contribution in [0.25, 0.3) is 0 Å². The van der Waals surface area contributed by atoms with Crippen LogP contribution in [-0.2, 0) is 0 Å². The van der Waals surface area contributed by atoms with E-state index in [9.17, 15) is 0 Å². The molecule has 0 amide bonds. The summed E-state index contributed by atoms with van der Waals surface area (Å²) in [5.41, 5.74) is 2.65. The summed E-state index contributed by atoms with van der Waals surface area (Å²) >= 11 is 0. The van der Waals surface area contributed by atoms with E-state index in [1.807, 2.05) is 0 Å². The van der Waals surface area contributed by atoms with Gasteiger partial charge in [0.1, 0.15) is 5.75 Å². The normalized spacial score (nSPS) is 10.7. The molecule has 0 unspecified atom stereocenters. The second-order valence-electron chi connectivity index (χ2n) is 5.57. The van der Waals surface area contributed by atoms with E-state index in [4.69, 9.17) is 4.74 Å². The van der Waals surface area contributed by atoms with Crippen LogP contribution in [-0.4, -0.2) is 6.61 Å². The molecule has 1 heteroatoms. The summed E-state index contributed by atoms with van der Waals surface area (Å²) in [5.74, 6) is 1.02. The lowest BCUT2D eigenvalue weighted by Crippen LogP contribution is -1.98. The van der Waals surface area contributed by atoms with Crippen LogP contribution < -0.4 is 4.74 Å². The Balaban J connectivity index is 2.00. The Labute approximate surface area is 119 Å². The van der Waals surface area contributed by atoms with E-state index in [1.165, 1.54) is 62.5 Å². The van der Waals surface area contributed by atoms with Crippen LogP contribution in [0.4, 0.5) is 0 Å². The summed E-state index contributed by atoms with van der Waals surface area (Å²) < 4.78 is 5.79. The molecule has 0 spiro atoms. The van der Waals surface area contributed by atoms with Gasteiger partial charge in [0.2, 0.25) is 0 Å². The Morgan fingerprint density at radius 1 is 0.789 bits per heavy atom. The minimum Gasteiger partial charge on any atom is -0.494 e. The Morgan fingerprint density at radius 3 is 2.05 bits per heavy atom. The molecule has 0 fully saturated rings. The van der Waals surface area contributed by atoms with Crippen molar-refractivity contribution in [2.24, 2.45) is 0 Å². The van der Waals surface area contributed by atoms with Crippen LogP contribution in [0.2, 0.25) is 0 Å². The number of unbranched alkanes of at least 4 members (excludes halogenated alkanes) is 7. The fourth-order valence-electron chi connectivity index (χ4n) is 2.23. The van der Waals surface area contributed by atoms with Crippen molar-refractivity contribution in [1.29, 1.82) is 0 Å². The zero-order valence-electron chi connectivity index (χ0n) is 13.0. The van der Waals surface area contributed by atoms with E-state index in [1.54, 1.807) is 0 Å². The van der Waals surface area contributed by atoms with Gasteiger partial charge in [0.15, 0.2) is 0 Å². The van der Waals surface area contributed by atoms with E-state index in [0.29, 0.717) is 0 Å². The second kappa shape index (κ2) is 9.89. The molecule has 0 aliphatic rings. The molecule has 0 aliphatic heterocycles. The van der Waals surface area contributed by atoms with Gasteiger partial charge in [-0.05, 0) is 43.5 Å². The van der Waals surface area contributed by atoms with Crippen molar-refractivity contribution in [3.63, 3.8) is 0 Å². The zero-order chi connectivity index (χ0) is 13.9. The molecule has 0 bridgehead atoms. The summed E-state index contributed by atoms with van der Waals surface area (Å²) in [4.78, 5) is 0. The molecule has 0 aromatic heterocycles. The number of benzene rings is 1. The van der Waals surface area contributed by atoms with Gasteiger partial charge in [-0.2, -0.15) is 0 Å². The number of hydrogen-bond donors (Lipinski definition) is 0. The number of hydrogen-bond acceptors (Lipinski definition) is 1. The molecule has 1 aromatic carbocycles. The van der Waals surface area contributed by atoms with Crippen LogP contribution in [0.15, 0.2) is 18.2 Å². The van der Waals surface area contributed by atoms with Crippen LogP contribution in [0.5, 0.6) is 5.75 Å².